The molecule has 0 saturated carbocycles. The fourth-order valence-corrected chi connectivity index (χ4v) is 5.48. The predicted octanol–water partition coefficient (Wildman–Crippen LogP) is 9.07. The smallest absolute Gasteiger partial charge is 0.335 e. The first-order chi connectivity index (χ1) is 17.0. The number of carboxylic acid groups (broad SMARTS) is 2. The maximum absolute atomic E-state index is 11.5. The van der Waals surface area contributed by atoms with Crippen LogP contribution < -0.4 is 0 Å². The summed E-state index contributed by atoms with van der Waals surface area (Å²) in [5.74, 6) is -1.79. The fourth-order valence-electron chi connectivity index (χ4n) is 5.48. The predicted molar refractivity (Wildman–Crippen MR) is 143 cm³/mol. The summed E-state index contributed by atoms with van der Waals surface area (Å²) in [6.45, 7) is 2.26. The van der Waals surface area contributed by atoms with Crippen molar-refractivity contribution in [1.29, 1.82) is 0 Å². The molecule has 35 heavy (non-hydrogen) atoms. The Balaban J connectivity index is 1.44. The lowest BCUT2D eigenvalue weighted by Gasteiger charge is -2.14. The molecule has 0 unspecified atom stereocenters. The van der Waals surface area contributed by atoms with Gasteiger partial charge < -0.3 is 10.2 Å². The highest BCUT2D eigenvalue weighted by Gasteiger charge is 2.30. The number of hydrogen-bond donors (Lipinski definition) is 2. The standard InChI is InChI=1S/C31H42O4/c1-2-3-4-5-6-7-8-9-10-11-12-13-14-15-16-25-28-21-23(30(32)33)17-19-26(28)27-20-18-24(31(34)35)22-29(25)27/h17-22,25H,2-16H2,1H3,(H,32,33)(H,34,35). The van der Waals surface area contributed by atoms with Gasteiger partial charge in [-0.1, -0.05) is 109 Å². The highest BCUT2D eigenvalue weighted by atomic mass is 16.4. The Labute approximate surface area is 210 Å². The van der Waals surface area contributed by atoms with E-state index in [4.69, 9.17) is 0 Å². The molecule has 1 aliphatic rings. The molecule has 0 aliphatic heterocycles. The zero-order chi connectivity index (χ0) is 25.0. The van der Waals surface area contributed by atoms with E-state index in [1.54, 1.807) is 24.3 Å². The maximum atomic E-state index is 11.5. The van der Waals surface area contributed by atoms with Crippen molar-refractivity contribution < 1.29 is 19.8 Å². The average Bonchev–Trinajstić information content (AvgIpc) is 3.16. The molecule has 0 atom stereocenters. The minimum Gasteiger partial charge on any atom is -0.478 e. The van der Waals surface area contributed by atoms with Gasteiger partial charge in [0.15, 0.2) is 0 Å². The Kier molecular flexibility index (Phi) is 10.8. The van der Waals surface area contributed by atoms with Crippen LogP contribution in [0.2, 0.25) is 0 Å². The number of unbranched alkanes of at least 4 members (excludes halogenated alkanes) is 13. The Hall–Kier alpha value is -2.62. The SMILES string of the molecule is CCCCCCCCCCCCCCCCC1c2cc(C(=O)O)ccc2-c2ccc(C(=O)O)cc21. The highest BCUT2D eigenvalue weighted by Crippen LogP contribution is 2.47. The van der Waals surface area contributed by atoms with Gasteiger partial charge in [0.25, 0.3) is 0 Å². The number of fused-ring (bicyclic) bond motifs is 3. The number of aromatic carboxylic acids is 2. The second-order valence-corrected chi connectivity index (χ2v) is 10.2. The van der Waals surface area contributed by atoms with Gasteiger partial charge in [0.1, 0.15) is 0 Å². The zero-order valence-corrected chi connectivity index (χ0v) is 21.4. The van der Waals surface area contributed by atoms with E-state index in [1.807, 2.05) is 12.1 Å². The third-order valence-electron chi connectivity index (χ3n) is 7.48. The van der Waals surface area contributed by atoms with Crippen molar-refractivity contribution in [2.45, 2.75) is 109 Å². The van der Waals surface area contributed by atoms with Crippen LogP contribution in [0.25, 0.3) is 11.1 Å². The molecule has 0 heterocycles. The van der Waals surface area contributed by atoms with Crippen LogP contribution in [0.3, 0.4) is 0 Å². The fraction of sp³-hybridized carbons (Fsp3) is 0.548. The van der Waals surface area contributed by atoms with Crippen LogP contribution in [0.4, 0.5) is 0 Å². The third-order valence-corrected chi connectivity index (χ3v) is 7.48. The second-order valence-electron chi connectivity index (χ2n) is 10.2. The van der Waals surface area contributed by atoms with Crippen molar-refractivity contribution in [2.75, 3.05) is 0 Å². The molecule has 0 fully saturated rings. The van der Waals surface area contributed by atoms with Crippen molar-refractivity contribution in [1.82, 2.24) is 0 Å². The summed E-state index contributed by atoms with van der Waals surface area (Å²) in [4.78, 5) is 23.1. The van der Waals surface area contributed by atoms with Crippen LogP contribution in [-0.2, 0) is 0 Å². The number of hydrogen-bond acceptors (Lipinski definition) is 2. The van der Waals surface area contributed by atoms with Crippen molar-refractivity contribution in [3.63, 3.8) is 0 Å². The summed E-state index contributed by atoms with van der Waals surface area (Å²) in [5, 5.41) is 18.9. The van der Waals surface area contributed by atoms with Crippen LogP contribution in [0.15, 0.2) is 36.4 Å². The molecule has 0 spiro atoms. The topological polar surface area (TPSA) is 74.6 Å². The summed E-state index contributed by atoms with van der Waals surface area (Å²) in [6.07, 6.45) is 19.3. The van der Waals surface area contributed by atoms with Crippen LogP contribution in [0.1, 0.15) is 141 Å². The molecule has 3 rings (SSSR count). The quantitative estimate of drug-likeness (QED) is 0.222. The first-order valence-corrected chi connectivity index (χ1v) is 13.8. The lowest BCUT2D eigenvalue weighted by molar-refractivity contribution is 0.0686. The van der Waals surface area contributed by atoms with Crippen molar-refractivity contribution in [3.05, 3.63) is 58.7 Å². The van der Waals surface area contributed by atoms with E-state index in [9.17, 15) is 19.8 Å². The van der Waals surface area contributed by atoms with Gasteiger partial charge in [-0.2, -0.15) is 0 Å². The third kappa shape index (κ3) is 7.68. The molecule has 0 amide bonds. The molecule has 2 N–H and O–H groups in total. The van der Waals surface area contributed by atoms with E-state index in [2.05, 4.69) is 6.92 Å². The Morgan fingerprint density at radius 1 is 0.600 bits per heavy atom. The Morgan fingerprint density at radius 2 is 0.971 bits per heavy atom. The molecule has 2 aromatic rings. The summed E-state index contributed by atoms with van der Waals surface area (Å²) in [7, 11) is 0. The van der Waals surface area contributed by atoms with Crippen molar-refractivity contribution in [3.8, 4) is 11.1 Å². The van der Waals surface area contributed by atoms with Gasteiger partial charge in [-0.15, -0.1) is 0 Å². The molecule has 0 bridgehead atoms. The van der Waals surface area contributed by atoms with Gasteiger partial charge in [-0.05, 0) is 52.9 Å². The van der Waals surface area contributed by atoms with Crippen molar-refractivity contribution >= 4 is 11.9 Å². The van der Waals surface area contributed by atoms with Gasteiger partial charge in [0.05, 0.1) is 11.1 Å². The van der Waals surface area contributed by atoms with E-state index < -0.39 is 11.9 Å². The summed E-state index contributed by atoms with van der Waals surface area (Å²) < 4.78 is 0. The average molecular weight is 479 g/mol. The Bertz CT molecular complexity index is 914. The van der Waals surface area contributed by atoms with Crippen LogP contribution in [0.5, 0.6) is 0 Å². The van der Waals surface area contributed by atoms with Crippen LogP contribution in [-0.4, -0.2) is 22.2 Å². The monoisotopic (exact) mass is 478 g/mol. The lowest BCUT2D eigenvalue weighted by Crippen LogP contribution is -2.02. The first-order valence-electron chi connectivity index (χ1n) is 13.8. The molecule has 2 aromatic carbocycles. The molecule has 1 aliphatic carbocycles. The summed E-state index contributed by atoms with van der Waals surface area (Å²) in [5.41, 5.74) is 4.71. The van der Waals surface area contributed by atoms with Crippen LogP contribution in [0, 0.1) is 0 Å². The normalized spacial score (nSPS) is 12.5. The van der Waals surface area contributed by atoms with Gasteiger partial charge in [-0.25, -0.2) is 9.59 Å². The van der Waals surface area contributed by atoms with E-state index in [0.717, 1.165) is 41.5 Å². The van der Waals surface area contributed by atoms with E-state index in [-0.39, 0.29) is 5.92 Å². The number of carbonyl (C=O) groups is 2. The maximum Gasteiger partial charge on any atom is 0.335 e. The molecule has 190 valence electrons. The zero-order valence-electron chi connectivity index (χ0n) is 21.4. The molecule has 0 saturated heterocycles. The number of rotatable bonds is 17. The number of carboxylic acids is 2. The Morgan fingerprint density at radius 3 is 1.34 bits per heavy atom. The minimum absolute atomic E-state index is 0.0657. The number of benzene rings is 2. The van der Waals surface area contributed by atoms with Gasteiger partial charge in [0, 0.05) is 5.92 Å². The second kappa shape index (κ2) is 14.1. The first kappa shape index (κ1) is 27.0. The highest BCUT2D eigenvalue weighted by molar-refractivity contribution is 5.93. The van der Waals surface area contributed by atoms with Gasteiger partial charge in [-0.3, -0.25) is 0 Å². The van der Waals surface area contributed by atoms with Crippen LogP contribution >= 0.6 is 0 Å². The minimum atomic E-state index is -0.926. The largest absolute Gasteiger partial charge is 0.478 e. The van der Waals surface area contributed by atoms with Crippen molar-refractivity contribution in [2.24, 2.45) is 0 Å². The van der Waals surface area contributed by atoms with Gasteiger partial charge in [0.2, 0.25) is 0 Å². The molecule has 0 radical (unpaired) electrons. The van der Waals surface area contributed by atoms with E-state index in [0.29, 0.717) is 11.1 Å². The van der Waals surface area contributed by atoms with E-state index >= 15 is 0 Å². The van der Waals surface area contributed by atoms with E-state index in [1.165, 1.54) is 77.0 Å². The lowest BCUT2D eigenvalue weighted by atomic mass is 9.89. The molecule has 4 nitrogen and oxygen atoms in total. The molecular weight excluding hydrogens is 436 g/mol. The molecule has 0 aromatic heterocycles. The summed E-state index contributed by atoms with van der Waals surface area (Å²) >= 11 is 0. The summed E-state index contributed by atoms with van der Waals surface area (Å²) in [6, 6.07) is 10.6. The van der Waals surface area contributed by atoms with Gasteiger partial charge >= 0.3 is 11.9 Å². The molecule has 4 heteroatoms. The molecular formula is C31H42O4.